The predicted octanol–water partition coefficient (Wildman–Crippen LogP) is 7.32. The van der Waals surface area contributed by atoms with Crippen LogP contribution in [0.1, 0.15) is 18.5 Å². The number of sulfone groups is 1. The lowest BCUT2D eigenvalue weighted by molar-refractivity contribution is -0.132. The number of aromatic nitrogens is 2. The van der Waals surface area contributed by atoms with Crippen molar-refractivity contribution in [1.29, 1.82) is 0 Å². The molecule has 0 unspecified atom stereocenters. The molecule has 0 atom stereocenters. The summed E-state index contributed by atoms with van der Waals surface area (Å²) in [6, 6.07) is 21.0. The van der Waals surface area contributed by atoms with Crippen LogP contribution >= 0.6 is 23.8 Å². The van der Waals surface area contributed by atoms with Crippen molar-refractivity contribution < 1.29 is 21.6 Å². The van der Waals surface area contributed by atoms with Crippen molar-refractivity contribution in [3.63, 3.8) is 0 Å². The molecule has 4 aromatic rings. The molecule has 0 fully saturated rings. The number of imidazole rings is 1. The largest absolute Gasteiger partial charge is 0.389 e. The van der Waals surface area contributed by atoms with E-state index in [0.29, 0.717) is 22.1 Å². The molecule has 0 bridgehead atoms. The highest BCUT2D eigenvalue weighted by molar-refractivity contribution is 7.90. The molecule has 0 N–H and O–H groups in total. The topological polar surface area (TPSA) is 52.0 Å². The summed E-state index contributed by atoms with van der Waals surface area (Å²) in [6.45, 7) is 0. The average Bonchev–Trinajstić information content (AvgIpc) is 3.27. The van der Waals surface area contributed by atoms with E-state index in [1.165, 1.54) is 6.07 Å². The van der Waals surface area contributed by atoms with Gasteiger partial charge in [0.15, 0.2) is 9.84 Å². The first-order valence-corrected chi connectivity index (χ1v) is 13.5. The highest BCUT2D eigenvalue weighted by atomic mass is 35.5. The lowest BCUT2D eigenvalue weighted by atomic mass is 10.1. The molecule has 186 valence electrons. The zero-order chi connectivity index (χ0) is 26.1. The molecule has 0 saturated heterocycles. The molecule has 0 aliphatic heterocycles. The minimum absolute atomic E-state index is 0.105. The van der Waals surface area contributed by atoms with Crippen molar-refractivity contribution in [3.05, 3.63) is 89.7 Å². The van der Waals surface area contributed by atoms with Crippen molar-refractivity contribution in [2.75, 3.05) is 6.26 Å². The normalized spacial score (nSPS) is 12.0. The Kier molecular flexibility index (Phi) is 7.36. The second kappa shape index (κ2) is 10.2. The maximum absolute atomic E-state index is 12.7. The lowest BCUT2D eigenvalue weighted by Gasteiger charge is -2.10. The van der Waals surface area contributed by atoms with E-state index in [4.69, 9.17) is 23.8 Å². The van der Waals surface area contributed by atoms with Gasteiger partial charge in [0, 0.05) is 35.0 Å². The van der Waals surface area contributed by atoms with Gasteiger partial charge < -0.3 is 0 Å². The van der Waals surface area contributed by atoms with Crippen LogP contribution in [0.4, 0.5) is 13.2 Å². The fourth-order valence-corrected chi connectivity index (χ4v) is 4.74. The van der Waals surface area contributed by atoms with E-state index >= 15 is 0 Å². The van der Waals surface area contributed by atoms with E-state index < -0.39 is 22.4 Å². The molecule has 0 radical (unpaired) electrons. The van der Waals surface area contributed by atoms with Gasteiger partial charge in [-0.2, -0.15) is 13.2 Å². The number of rotatable bonds is 7. The first-order valence-electron chi connectivity index (χ1n) is 10.8. The highest BCUT2D eigenvalue weighted by Crippen LogP contribution is 2.31. The maximum Gasteiger partial charge on any atom is 0.389 e. The van der Waals surface area contributed by atoms with Crippen LogP contribution in [0.15, 0.2) is 83.9 Å². The Morgan fingerprint density at radius 3 is 2.33 bits per heavy atom. The number of halogens is 4. The van der Waals surface area contributed by atoms with E-state index in [1.807, 2.05) is 30.3 Å². The van der Waals surface area contributed by atoms with E-state index in [9.17, 15) is 21.6 Å². The van der Waals surface area contributed by atoms with Gasteiger partial charge in [-0.1, -0.05) is 60.2 Å². The number of alkyl halides is 3. The van der Waals surface area contributed by atoms with Crippen LogP contribution in [0.2, 0.25) is 5.02 Å². The summed E-state index contributed by atoms with van der Waals surface area (Å²) in [5.74, 6) is 0.441. The van der Waals surface area contributed by atoms with Crippen LogP contribution in [-0.2, 0) is 9.84 Å². The van der Waals surface area contributed by atoms with Gasteiger partial charge in [-0.25, -0.2) is 13.4 Å². The summed E-state index contributed by atoms with van der Waals surface area (Å²) in [7, 11) is -3.35. The molecule has 1 heterocycles. The standard InChI is InChI=1S/C26H20ClF3N2O2S2/c1-36(33,34)20-6-4-5-18(15-20)17-9-11-19(12-10-17)32-16-23(24(35)13-14-26(28,29)30)31-25(32)21-7-2-3-8-22(21)27/h2-12,15-16H,13-14H2,1H3. The third kappa shape index (κ3) is 6.03. The molecular weight excluding hydrogens is 529 g/mol. The van der Waals surface area contributed by atoms with E-state index in [-0.39, 0.29) is 21.9 Å². The molecule has 0 saturated carbocycles. The summed E-state index contributed by atoms with van der Waals surface area (Å²) in [5.41, 5.74) is 3.09. The molecule has 36 heavy (non-hydrogen) atoms. The Morgan fingerprint density at radius 2 is 1.69 bits per heavy atom. The van der Waals surface area contributed by atoms with Gasteiger partial charge in [-0.15, -0.1) is 0 Å². The van der Waals surface area contributed by atoms with Gasteiger partial charge in [0.25, 0.3) is 0 Å². The van der Waals surface area contributed by atoms with Gasteiger partial charge in [-0.3, -0.25) is 4.57 Å². The molecular formula is C26H20ClF3N2O2S2. The van der Waals surface area contributed by atoms with Gasteiger partial charge in [0.1, 0.15) is 5.82 Å². The van der Waals surface area contributed by atoms with Gasteiger partial charge in [0.05, 0.1) is 15.6 Å². The molecule has 4 rings (SSSR count). The van der Waals surface area contributed by atoms with E-state index in [0.717, 1.165) is 17.4 Å². The SMILES string of the molecule is CS(=O)(=O)c1cccc(-c2ccc(-n3cc(C(=S)CCC(F)(F)F)nc3-c3ccccc3Cl)cc2)c1. The molecule has 0 aliphatic rings. The number of hydrogen-bond donors (Lipinski definition) is 0. The predicted molar refractivity (Wildman–Crippen MR) is 140 cm³/mol. The fraction of sp³-hybridized carbons (Fsp3) is 0.154. The van der Waals surface area contributed by atoms with Crippen molar-refractivity contribution in [2.45, 2.75) is 23.9 Å². The first kappa shape index (κ1) is 26.1. The van der Waals surface area contributed by atoms with Crippen molar-refractivity contribution >= 4 is 38.5 Å². The van der Waals surface area contributed by atoms with Crippen LogP contribution in [0.3, 0.4) is 0 Å². The van der Waals surface area contributed by atoms with Crippen molar-refractivity contribution in [1.82, 2.24) is 9.55 Å². The number of hydrogen-bond acceptors (Lipinski definition) is 4. The number of thiocarbonyl (C=S) groups is 1. The third-order valence-electron chi connectivity index (χ3n) is 5.48. The highest BCUT2D eigenvalue weighted by Gasteiger charge is 2.28. The average molecular weight is 549 g/mol. The van der Waals surface area contributed by atoms with Crippen LogP contribution in [-0.4, -0.2) is 35.3 Å². The van der Waals surface area contributed by atoms with Crippen molar-refractivity contribution in [2.24, 2.45) is 0 Å². The fourth-order valence-electron chi connectivity index (χ4n) is 3.65. The first-order chi connectivity index (χ1) is 16.9. The molecule has 0 aliphatic carbocycles. The minimum Gasteiger partial charge on any atom is -0.299 e. The monoisotopic (exact) mass is 548 g/mol. The Bertz CT molecular complexity index is 1530. The van der Waals surface area contributed by atoms with Crippen LogP contribution in [0.25, 0.3) is 28.2 Å². The number of nitrogens with zero attached hydrogens (tertiary/aromatic N) is 2. The maximum atomic E-state index is 12.7. The molecule has 0 amide bonds. The molecule has 0 spiro atoms. The molecule has 1 aromatic heterocycles. The Hall–Kier alpha value is -3.01. The Balaban J connectivity index is 1.74. The minimum atomic E-state index is -4.32. The summed E-state index contributed by atoms with van der Waals surface area (Å²) in [5, 5.41) is 0.436. The molecule has 3 aromatic carbocycles. The number of benzene rings is 3. The summed E-state index contributed by atoms with van der Waals surface area (Å²) in [6.07, 6.45) is -2.92. The lowest BCUT2D eigenvalue weighted by Crippen LogP contribution is -2.10. The van der Waals surface area contributed by atoms with Crippen molar-refractivity contribution in [3.8, 4) is 28.2 Å². The van der Waals surface area contributed by atoms with Gasteiger partial charge in [-0.05, 0) is 53.9 Å². The summed E-state index contributed by atoms with van der Waals surface area (Å²) in [4.78, 5) is 4.87. The summed E-state index contributed by atoms with van der Waals surface area (Å²) >= 11 is 11.7. The third-order valence-corrected chi connectivity index (χ3v) is 7.34. The van der Waals surface area contributed by atoms with E-state index in [2.05, 4.69) is 4.98 Å². The van der Waals surface area contributed by atoms with Crippen LogP contribution in [0, 0.1) is 0 Å². The second-order valence-corrected chi connectivity index (χ2v) is 11.1. The van der Waals surface area contributed by atoms with Crippen LogP contribution < -0.4 is 0 Å². The quantitative estimate of drug-likeness (QED) is 0.179. The second-order valence-electron chi connectivity index (χ2n) is 8.18. The molecule has 4 nitrogen and oxygen atoms in total. The van der Waals surface area contributed by atoms with E-state index in [1.54, 1.807) is 47.2 Å². The Morgan fingerprint density at radius 1 is 1.00 bits per heavy atom. The summed E-state index contributed by atoms with van der Waals surface area (Å²) < 4.78 is 63.8. The molecule has 10 heteroatoms. The van der Waals surface area contributed by atoms with Gasteiger partial charge >= 0.3 is 6.18 Å². The Labute approximate surface area is 217 Å². The van der Waals surface area contributed by atoms with Crippen LogP contribution in [0.5, 0.6) is 0 Å². The smallest absolute Gasteiger partial charge is 0.299 e. The zero-order valence-corrected chi connectivity index (χ0v) is 21.3. The zero-order valence-electron chi connectivity index (χ0n) is 19.0. The van der Waals surface area contributed by atoms with Gasteiger partial charge in [0.2, 0.25) is 0 Å².